The summed E-state index contributed by atoms with van der Waals surface area (Å²) in [6.45, 7) is 0. The first-order chi connectivity index (χ1) is 2.50. The van der Waals surface area contributed by atoms with Crippen LogP contribution in [0, 0.1) is 0 Å². The zero-order valence-corrected chi connectivity index (χ0v) is 4.63. The lowest BCUT2D eigenvalue weighted by atomic mass is 10.4. The van der Waals surface area contributed by atoms with Gasteiger partial charge in [0.1, 0.15) is 0 Å². The normalized spacial score (nSPS) is 20.0. The van der Waals surface area contributed by atoms with E-state index in [0.717, 1.165) is 0 Å². The number of rotatable bonds is 0. The molecular weight excluding hydrogens is 90.9 g/mol. The van der Waals surface area contributed by atoms with Crippen LogP contribution in [0.15, 0.2) is 0 Å². The summed E-state index contributed by atoms with van der Waals surface area (Å²) < 4.78 is 0. The summed E-state index contributed by atoms with van der Waals surface area (Å²) in [7, 11) is 0. The van der Waals surface area contributed by atoms with Gasteiger partial charge in [0, 0.05) is 8.41 Å². The van der Waals surface area contributed by atoms with Crippen LogP contribution in [-0.4, -0.2) is 19.9 Å². The van der Waals surface area contributed by atoms with Crippen LogP contribution in [0.25, 0.3) is 0 Å². The van der Waals surface area contributed by atoms with Crippen molar-refractivity contribution in [1.82, 2.24) is 0 Å². The lowest BCUT2D eigenvalue weighted by molar-refractivity contribution is 0.949. The molecule has 0 spiro atoms. The van der Waals surface area contributed by atoms with Crippen LogP contribution in [-0.2, 0) is 0 Å². The standard InChI is InChI=1S/C4H8S.B/c1-2-4-5-3-1;/h1-4H2;. The molecule has 1 rings (SSSR count). The quantitative estimate of drug-likeness (QED) is 0.410. The van der Waals surface area contributed by atoms with Crippen LogP contribution in [0.2, 0.25) is 0 Å². The molecule has 0 aromatic heterocycles. The number of thioether (sulfide) groups is 1. The van der Waals surface area contributed by atoms with Crippen molar-refractivity contribution in [2.24, 2.45) is 0 Å². The van der Waals surface area contributed by atoms with Crippen LogP contribution >= 0.6 is 11.8 Å². The molecule has 0 aliphatic carbocycles. The molecule has 1 saturated heterocycles. The Kier molecular flexibility index (Phi) is 3.85. The minimum atomic E-state index is 0. The highest BCUT2D eigenvalue weighted by molar-refractivity contribution is 7.99. The zero-order chi connectivity index (χ0) is 3.54. The second-order valence-corrected chi connectivity index (χ2v) is 2.54. The van der Waals surface area contributed by atoms with Gasteiger partial charge in [-0.15, -0.1) is 0 Å². The highest BCUT2D eigenvalue weighted by Gasteiger charge is 1.95. The van der Waals surface area contributed by atoms with Crippen LogP contribution in [0.5, 0.6) is 0 Å². The maximum Gasteiger partial charge on any atom is 0 e. The Hall–Kier alpha value is 0.415. The van der Waals surface area contributed by atoms with E-state index in [0.29, 0.717) is 0 Å². The molecule has 2 heteroatoms. The van der Waals surface area contributed by atoms with E-state index < -0.39 is 0 Å². The lowest BCUT2D eigenvalue weighted by Crippen LogP contribution is -1.58. The molecule has 0 unspecified atom stereocenters. The van der Waals surface area contributed by atoms with Crippen LogP contribution < -0.4 is 0 Å². The summed E-state index contributed by atoms with van der Waals surface area (Å²) in [4.78, 5) is 0. The molecule has 0 aromatic rings. The minimum absolute atomic E-state index is 0. The minimum Gasteiger partial charge on any atom is -0.162 e. The molecule has 0 bridgehead atoms. The fourth-order valence-corrected chi connectivity index (χ4v) is 1.53. The predicted octanol–water partition coefficient (Wildman–Crippen LogP) is 1.13. The molecule has 0 nitrogen and oxygen atoms in total. The van der Waals surface area contributed by atoms with Gasteiger partial charge in [-0.2, -0.15) is 11.8 Å². The van der Waals surface area contributed by atoms with Gasteiger partial charge in [-0.1, -0.05) is 0 Å². The monoisotopic (exact) mass is 99.0 g/mol. The summed E-state index contributed by atoms with van der Waals surface area (Å²) >= 11 is 2.07. The smallest absolute Gasteiger partial charge is 0 e. The Balaban J connectivity index is 0.000000250. The number of hydrogen-bond donors (Lipinski definition) is 0. The van der Waals surface area contributed by atoms with Gasteiger partial charge in [-0.25, -0.2) is 0 Å². The van der Waals surface area contributed by atoms with Crippen molar-refractivity contribution in [2.45, 2.75) is 12.8 Å². The van der Waals surface area contributed by atoms with E-state index >= 15 is 0 Å². The van der Waals surface area contributed by atoms with Gasteiger partial charge in [-0.05, 0) is 24.3 Å². The molecule has 6 heavy (non-hydrogen) atoms. The zero-order valence-electron chi connectivity index (χ0n) is 3.81. The molecule has 0 aromatic carbocycles. The molecule has 0 saturated carbocycles. The van der Waals surface area contributed by atoms with E-state index in [-0.39, 0.29) is 8.41 Å². The molecule has 0 N–H and O–H groups in total. The van der Waals surface area contributed by atoms with Gasteiger partial charge >= 0.3 is 0 Å². The van der Waals surface area contributed by atoms with Crippen molar-refractivity contribution in [3.63, 3.8) is 0 Å². The van der Waals surface area contributed by atoms with Gasteiger partial charge in [0.2, 0.25) is 0 Å². The van der Waals surface area contributed by atoms with Crippen molar-refractivity contribution >= 4 is 20.2 Å². The summed E-state index contributed by atoms with van der Waals surface area (Å²) in [5.74, 6) is 2.83. The Morgan fingerprint density at radius 1 is 1.00 bits per heavy atom. The second-order valence-electron chi connectivity index (χ2n) is 1.32. The third kappa shape index (κ3) is 1.76. The van der Waals surface area contributed by atoms with Crippen molar-refractivity contribution < 1.29 is 0 Å². The largest absolute Gasteiger partial charge is 0.162 e. The highest BCUT2D eigenvalue weighted by atomic mass is 32.2. The third-order valence-electron chi connectivity index (χ3n) is 0.827. The highest BCUT2D eigenvalue weighted by Crippen LogP contribution is 2.14. The van der Waals surface area contributed by atoms with E-state index in [4.69, 9.17) is 0 Å². The van der Waals surface area contributed by atoms with Crippen molar-refractivity contribution in [3.05, 3.63) is 0 Å². The predicted molar refractivity (Wildman–Crippen MR) is 32.3 cm³/mol. The van der Waals surface area contributed by atoms with Gasteiger partial charge in [-0.3, -0.25) is 0 Å². The van der Waals surface area contributed by atoms with Crippen molar-refractivity contribution in [3.8, 4) is 0 Å². The first-order valence-corrected chi connectivity index (χ1v) is 3.23. The third-order valence-corrected chi connectivity index (χ3v) is 1.98. The molecule has 1 aliphatic heterocycles. The topological polar surface area (TPSA) is 0 Å². The molecule has 0 amide bonds. The summed E-state index contributed by atoms with van der Waals surface area (Å²) in [6.07, 6.45) is 2.93. The fraction of sp³-hybridized carbons (Fsp3) is 1.00. The van der Waals surface area contributed by atoms with Crippen molar-refractivity contribution in [1.29, 1.82) is 0 Å². The van der Waals surface area contributed by atoms with E-state index in [1.165, 1.54) is 24.3 Å². The van der Waals surface area contributed by atoms with Gasteiger partial charge in [0.05, 0.1) is 0 Å². The summed E-state index contributed by atoms with van der Waals surface area (Å²) in [5.41, 5.74) is 0. The van der Waals surface area contributed by atoms with Crippen molar-refractivity contribution in [2.75, 3.05) is 11.5 Å². The SMILES string of the molecule is C1CCSC1.[B]. The maximum absolute atomic E-state index is 2.07. The molecule has 1 aliphatic rings. The average Bonchev–Trinajstić information content (AvgIpc) is 1.76. The van der Waals surface area contributed by atoms with Crippen LogP contribution in [0.1, 0.15) is 12.8 Å². The van der Waals surface area contributed by atoms with Gasteiger partial charge < -0.3 is 0 Å². The van der Waals surface area contributed by atoms with E-state index in [1.54, 1.807) is 0 Å². The second kappa shape index (κ2) is 3.60. The van der Waals surface area contributed by atoms with Crippen LogP contribution in [0.4, 0.5) is 0 Å². The Bertz CT molecular complexity index is 19.1. The number of hydrogen-bond acceptors (Lipinski definition) is 1. The molecule has 0 atom stereocenters. The Labute approximate surface area is 45.3 Å². The van der Waals surface area contributed by atoms with Crippen LogP contribution in [0.3, 0.4) is 0 Å². The van der Waals surface area contributed by atoms with E-state index in [9.17, 15) is 0 Å². The maximum atomic E-state index is 2.07. The average molecular weight is 99.0 g/mol. The van der Waals surface area contributed by atoms with E-state index in [2.05, 4.69) is 11.8 Å². The summed E-state index contributed by atoms with van der Waals surface area (Å²) in [6, 6.07) is 0. The van der Waals surface area contributed by atoms with E-state index in [1.807, 2.05) is 0 Å². The lowest BCUT2D eigenvalue weighted by Gasteiger charge is -1.69. The first kappa shape index (κ1) is 6.41. The molecule has 33 valence electrons. The molecule has 3 radical (unpaired) electrons. The molecule has 1 fully saturated rings. The summed E-state index contributed by atoms with van der Waals surface area (Å²) in [5, 5.41) is 0. The Morgan fingerprint density at radius 2 is 1.50 bits per heavy atom. The Morgan fingerprint density at radius 3 is 1.67 bits per heavy atom. The van der Waals surface area contributed by atoms with Gasteiger partial charge in [0.15, 0.2) is 0 Å². The fourth-order valence-electron chi connectivity index (χ4n) is 0.510. The molecular formula is C4H8BS. The van der Waals surface area contributed by atoms with Gasteiger partial charge in [0.25, 0.3) is 0 Å². The molecule has 1 heterocycles. The first-order valence-electron chi connectivity index (χ1n) is 2.08.